The molecular formula is C27H25NS. The van der Waals surface area contributed by atoms with Gasteiger partial charge in [-0.15, -0.1) is 11.8 Å². The summed E-state index contributed by atoms with van der Waals surface area (Å²) in [5.74, 6) is 0. The van der Waals surface area contributed by atoms with Crippen molar-refractivity contribution in [1.29, 1.82) is 0 Å². The Bertz CT molecular complexity index is 1020. The van der Waals surface area contributed by atoms with Crippen molar-refractivity contribution < 1.29 is 0 Å². The third-order valence-electron chi connectivity index (χ3n) is 5.13. The standard InChI is InChI=1S/C27H25NS/c1-20-4-12-24(13-5-20)28(25-14-6-21(2)7-15-25)26-16-8-22(9-17-26)23-10-18-27(29-3)19-11-23/h4-19H,1-3H3. The van der Waals surface area contributed by atoms with Gasteiger partial charge in [-0.3, -0.25) is 0 Å². The minimum absolute atomic E-state index is 1.15. The van der Waals surface area contributed by atoms with E-state index in [0.717, 1.165) is 17.1 Å². The molecule has 2 heteroatoms. The van der Waals surface area contributed by atoms with Crippen molar-refractivity contribution in [3.8, 4) is 11.1 Å². The second kappa shape index (κ2) is 8.59. The maximum absolute atomic E-state index is 2.31. The fraction of sp³-hybridized carbons (Fsp3) is 0.111. The maximum atomic E-state index is 2.31. The Morgan fingerprint density at radius 3 is 1.21 bits per heavy atom. The number of rotatable bonds is 5. The van der Waals surface area contributed by atoms with Crippen LogP contribution in [-0.4, -0.2) is 6.26 Å². The van der Waals surface area contributed by atoms with E-state index in [-0.39, 0.29) is 0 Å². The van der Waals surface area contributed by atoms with Crippen molar-refractivity contribution in [3.05, 3.63) is 108 Å². The van der Waals surface area contributed by atoms with Gasteiger partial charge in [0.15, 0.2) is 0 Å². The van der Waals surface area contributed by atoms with E-state index in [2.05, 4.69) is 122 Å². The molecule has 0 saturated heterocycles. The fourth-order valence-corrected chi connectivity index (χ4v) is 3.83. The monoisotopic (exact) mass is 395 g/mol. The van der Waals surface area contributed by atoms with Gasteiger partial charge in [-0.05, 0) is 79.8 Å². The first kappa shape index (κ1) is 19.4. The second-order valence-electron chi connectivity index (χ2n) is 7.28. The molecule has 29 heavy (non-hydrogen) atoms. The molecule has 0 aliphatic rings. The van der Waals surface area contributed by atoms with E-state index >= 15 is 0 Å². The minimum Gasteiger partial charge on any atom is -0.311 e. The van der Waals surface area contributed by atoms with Crippen LogP contribution >= 0.6 is 11.8 Å². The van der Waals surface area contributed by atoms with E-state index in [1.807, 2.05) is 0 Å². The van der Waals surface area contributed by atoms with Crippen LogP contribution in [0.3, 0.4) is 0 Å². The summed E-state index contributed by atoms with van der Waals surface area (Å²) in [4.78, 5) is 3.59. The smallest absolute Gasteiger partial charge is 0.0462 e. The van der Waals surface area contributed by atoms with Crippen molar-refractivity contribution in [1.82, 2.24) is 0 Å². The average molecular weight is 396 g/mol. The Labute approximate surface area is 178 Å². The molecule has 0 N–H and O–H groups in total. The zero-order chi connectivity index (χ0) is 20.2. The predicted molar refractivity (Wildman–Crippen MR) is 128 cm³/mol. The summed E-state index contributed by atoms with van der Waals surface area (Å²) < 4.78 is 0. The third-order valence-corrected chi connectivity index (χ3v) is 5.88. The summed E-state index contributed by atoms with van der Waals surface area (Å²) in [7, 11) is 0. The Morgan fingerprint density at radius 2 is 0.828 bits per heavy atom. The molecular weight excluding hydrogens is 370 g/mol. The Balaban J connectivity index is 1.72. The lowest BCUT2D eigenvalue weighted by atomic mass is 10.0. The molecule has 0 bridgehead atoms. The van der Waals surface area contributed by atoms with E-state index in [1.54, 1.807) is 11.8 Å². The first-order valence-electron chi connectivity index (χ1n) is 9.82. The zero-order valence-corrected chi connectivity index (χ0v) is 17.9. The molecule has 0 spiro atoms. The van der Waals surface area contributed by atoms with Crippen molar-refractivity contribution >= 4 is 28.8 Å². The van der Waals surface area contributed by atoms with Gasteiger partial charge in [0.1, 0.15) is 0 Å². The predicted octanol–water partition coefficient (Wildman–Crippen LogP) is 8.16. The number of anilines is 3. The van der Waals surface area contributed by atoms with Crippen LogP contribution in [-0.2, 0) is 0 Å². The van der Waals surface area contributed by atoms with Crippen LogP contribution in [0.4, 0.5) is 17.1 Å². The Hall–Kier alpha value is -2.97. The van der Waals surface area contributed by atoms with Crippen molar-refractivity contribution in [2.45, 2.75) is 18.7 Å². The number of hydrogen-bond donors (Lipinski definition) is 0. The molecule has 0 unspecified atom stereocenters. The number of thioether (sulfide) groups is 1. The topological polar surface area (TPSA) is 3.24 Å². The molecule has 1 nitrogen and oxygen atoms in total. The SMILES string of the molecule is CSc1ccc(-c2ccc(N(c3ccc(C)cc3)c3ccc(C)cc3)cc2)cc1. The molecule has 0 fully saturated rings. The van der Waals surface area contributed by atoms with Crippen molar-refractivity contribution in [3.63, 3.8) is 0 Å². The molecule has 4 rings (SSSR count). The van der Waals surface area contributed by atoms with Gasteiger partial charge in [0, 0.05) is 22.0 Å². The summed E-state index contributed by atoms with van der Waals surface area (Å²) in [5.41, 5.74) is 8.49. The quantitative estimate of drug-likeness (QED) is 0.314. The highest BCUT2D eigenvalue weighted by Crippen LogP contribution is 2.35. The van der Waals surface area contributed by atoms with Gasteiger partial charge in [0.05, 0.1) is 0 Å². The summed E-state index contributed by atoms with van der Waals surface area (Å²) >= 11 is 1.77. The molecule has 0 aliphatic heterocycles. The van der Waals surface area contributed by atoms with Crippen LogP contribution in [0.15, 0.2) is 102 Å². The number of nitrogens with zero attached hydrogens (tertiary/aromatic N) is 1. The van der Waals surface area contributed by atoms with Crippen LogP contribution in [0.25, 0.3) is 11.1 Å². The van der Waals surface area contributed by atoms with E-state index in [9.17, 15) is 0 Å². The zero-order valence-electron chi connectivity index (χ0n) is 17.1. The molecule has 0 saturated carbocycles. The molecule has 0 aliphatic carbocycles. The first-order valence-corrected chi connectivity index (χ1v) is 11.0. The van der Waals surface area contributed by atoms with E-state index in [0.29, 0.717) is 0 Å². The largest absolute Gasteiger partial charge is 0.311 e. The van der Waals surface area contributed by atoms with Gasteiger partial charge < -0.3 is 4.90 Å². The van der Waals surface area contributed by atoms with Gasteiger partial charge in [0.25, 0.3) is 0 Å². The lowest BCUT2D eigenvalue weighted by molar-refractivity contribution is 1.27. The van der Waals surface area contributed by atoms with E-state index < -0.39 is 0 Å². The average Bonchev–Trinajstić information content (AvgIpc) is 2.77. The molecule has 0 aromatic heterocycles. The van der Waals surface area contributed by atoms with Gasteiger partial charge in [0.2, 0.25) is 0 Å². The number of benzene rings is 4. The normalized spacial score (nSPS) is 10.7. The van der Waals surface area contributed by atoms with Gasteiger partial charge >= 0.3 is 0 Å². The summed E-state index contributed by atoms with van der Waals surface area (Å²) in [6, 6.07) is 35.0. The van der Waals surface area contributed by atoms with Crippen LogP contribution in [0.1, 0.15) is 11.1 Å². The number of hydrogen-bond acceptors (Lipinski definition) is 2. The second-order valence-corrected chi connectivity index (χ2v) is 8.16. The first-order chi connectivity index (χ1) is 14.1. The lowest BCUT2D eigenvalue weighted by Gasteiger charge is -2.26. The molecule has 0 amide bonds. The van der Waals surface area contributed by atoms with Crippen LogP contribution in [0.2, 0.25) is 0 Å². The highest BCUT2D eigenvalue weighted by molar-refractivity contribution is 7.98. The Kier molecular flexibility index (Phi) is 5.73. The maximum Gasteiger partial charge on any atom is 0.0462 e. The molecule has 0 heterocycles. The minimum atomic E-state index is 1.15. The van der Waals surface area contributed by atoms with Crippen molar-refractivity contribution in [2.75, 3.05) is 11.2 Å². The summed E-state index contributed by atoms with van der Waals surface area (Å²) in [5, 5.41) is 0. The Morgan fingerprint density at radius 1 is 0.483 bits per heavy atom. The fourth-order valence-electron chi connectivity index (χ4n) is 3.42. The molecule has 144 valence electrons. The highest BCUT2D eigenvalue weighted by atomic mass is 32.2. The summed E-state index contributed by atoms with van der Waals surface area (Å²) in [6.07, 6.45) is 2.11. The molecule has 0 radical (unpaired) electrons. The van der Waals surface area contributed by atoms with Gasteiger partial charge in [-0.2, -0.15) is 0 Å². The summed E-state index contributed by atoms with van der Waals surface area (Å²) in [6.45, 7) is 4.24. The highest BCUT2D eigenvalue weighted by Gasteiger charge is 2.12. The van der Waals surface area contributed by atoms with E-state index in [1.165, 1.54) is 27.1 Å². The van der Waals surface area contributed by atoms with Crippen LogP contribution < -0.4 is 4.90 Å². The molecule has 0 atom stereocenters. The van der Waals surface area contributed by atoms with Gasteiger partial charge in [-0.25, -0.2) is 0 Å². The third kappa shape index (κ3) is 4.38. The van der Waals surface area contributed by atoms with Crippen LogP contribution in [0, 0.1) is 13.8 Å². The van der Waals surface area contributed by atoms with E-state index in [4.69, 9.17) is 0 Å². The van der Waals surface area contributed by atoms with Crippen LogP contribution in [0.5, 0.6) is 0 Å². The molecule has 4 aromatic rings. The van der Waals surface area contributed by atoms with Crippen molar-refractivity contribution in [2.24, 2.45) is 0 Å². The van der Waals surface area contributed by atoms with Gasteiger partial charge in [-0.1, -0.05) is 59.7 Å². The molecule has 4 aromatic carbocycles. The lowest BCUT2D eigenvalue weighted by Crippen LogP contribution is -2.09. The number of aryl methyl sites for hydroxylation is 2.